The van der Waals surface area contributed by atoms with Crippen molar-refractivity contribution in [1.82, 2.24) is 14.9 Å². The summed E-state index contributed by atoms with van der Waals surface area (Å²) in [5, 5.41) is 0.581. The second-order valence-corrected chi connectivity index (χ2v) is 8.55. The maximum Gasteiger partial charge on any atom is 0.254 e. The maximum atomic E-state index is 12.9. The Balaban J connectivity index is 1.53. The number of hydrogen-bond acceptors (Lipinski definition) is 4. The first kappa shape index (κ1) is 21.3. The molecule has 4 rings (SSSR count). The Morgan fingerprint density at radius 1 is 0.968 bits per heavy atom. The molecule has 1 saturated heterocycles. The fourth-order valence-corrected chi connectivity index (χ4v) is 4.33. The number of carbonyl (C=O) groups excluding carboxylic acids is 1. The van der Waals surface area contributed by atoms with Crippen LogP contribution in [0.1, 0.15) is 38.6 Å². The lowest BCUT2D eigenvalue weighted by Gasteiger charge is -2.36. The van der Waals surface area contributed by atoms with E-state index in [-0.39, 0.29) is 5.91 Å². The predicted octanol–water partition coefficient (Wildman–Crippen LogP) is 4.61. The van der Waals surface area contributed by atoms with Gasteiger partial charge in [-0.15, -0.1) is 0 Å². The quantitative estimate of drug-likeness (QED) is 0.601. The Hall–Kier alpha value is -2.92. The number of carbonyl (C=O) groups is 1. The highest BCUT2D eigenvalue weighted by Crippen LogP contribution is 2.26. The summed E-state index contributed by atoms with van der Waals surface area (Å²) in [5.41, 5.74) is 5.31. The van der Waals surface area contributed by atoms with E-state index < -0.39 is 0 Å². The first-order chi connectivity index (χ1) is 14.9. The van der Waals surface area contributed by atoms with Gasteiger partial charge in [-0.25, -0.2) is 9.97 Å². The largest absolute Gasteiger partial charge is 0.353 e. The van der Waals surface area contributed by atoms with Gasteiger partial charge in [0.2, 0.25) is 0 Å². The molecule has 1 amide bonds. The topological polar surface area (TPSA) is 49.3 Å². The van der Waals surface area contributed by atoms with Crippen molar-refractivity contribution in [2.24, 2.45) is 0 Å². The van der Waals surface area contributed by atoms with E-state index in [0.717, 1.165) is 42.4 Å². The summed E-state index contributed by atoms with van der Waals surface area (Å²) in [6, 6.07) is 15.7. The molecule has 0 aliphatic carbocycles. The van der Waals surface area contributed by atoms with Gasteiger partial charge < -0.3 is 9.80 Å². The number of hydrogen-bond donors (Lipinski definition) is 0. The van der Waals surface area contributed by atoms with Gasteiger partial charge in [-0.2, -0.15) is 0 Å². The molecule has 0 bridgehead atoms. The minimum Gasteiger partial charge on any atom is -0.353 e. The van der Waals surface area contributed by atoms with Gasteiger partial charge in [-0.1, -0.05) is 47.5 Å². The lowest BCUT2D eigenvalue weighted by molar-refractivity contribution is 0.0746. The van der Waals surface area contributed by atoms with Gasteiger partial charge in [0, 0.05) is 54.4 Å². The van der Waals surface area contributed by atoms with Crippen molar-refractivity contribution in [2.75, 3.05) is 31.1 Å². The number of rotatable bonds is 4. The zero-order chi connectivity index (χ0) is 22.0. The lowest BCUT2D eigenvalue weighted by Crippen LogP contribution is -2.49. The Labute approximate surface area is 188 Å². The van der Waals surface area contributed by atoms with Crippen LogP contribution in [0.4, 0.5) is 5.82 Å². The van der Waals surface area contributed by atoms with Crippen molar-refractivity contribution in [3.05, 3.63) is 87.3 Å². The van der Waals surface area contributed by atoms with Crippen molar-refractivity contribution < 1.29 is 4.79 Å². The fourth-order valence-electron chi connectivity index (χ4n) is 4.14. The number of amides is 1. The van der Waals surface area contributed by atoms with Crippen LogP contribution < -0.4 is 4.90 Å². The Morgan fingerprint density at radius 2 is 1.71 bits per heavy atom. The summed E-state index contributed by atoms with van der Waals surface area (Å²) >= 11 is 6.06. The molecule has 0 radical (unpaired) electrons. The average molecular weight is 435 g/mol. The van der Waals surface area contributed by atoms with Crippen molar-refractivity contribution in [2.45, 2.75) is 27.2 Å². The van der Waals surface area contributed by atoms with Crippen LogP contribution in [0.2, 0.25) is 5.02 Å². The minimum atomic E-state index is 0.0252. The maximum absolute atomic E-state index is 12.9. The standard InChI is InChI=1S/C25H27ClN4O/c1-17-6-4-7-20(14-17)15-23-18(2)27-19(3)28-24(23)29-10-12-30(13-11-29)25(31)21-8-5-9-22(26)16-21/h4-9,14,16H,10-13,15H2,1-3H3. The Morgan fingerprint density at radius 3 is 2.42 bits per heavy atom. The van der Waals surface area contributed by atoms with E-state index in [9.17, 15) is 4.79 Å². The number of anilines is 1. The smallest absolute Gasteiger partial charge is 0.254 e. The van der Waals surface area contributed by atoms with Gasteiger partial charge in [-0.3, -0.25) is 4.79 Å². The third-order valence-corrected chi connectivity index (χ3v) is 5.94. The Kier molecular flexibility index (Phi) is 6.23. The number of aryl methyl sites for hydroxylation is 3. The van der Waals surface area contributed by atoms with Gasteiger partial charge in [0.1, 0.15) is 11.6 Å². The second-order valence-electron chi connectivity index (χ2n) is 8.11. The second kappa shape index (κ2) is 9.06. The first-order valence-electron chi connectivity index (χ1n) is 10.6. The van der Waals surface area contributed by atoms with E-state index in [1.165, 1.54) is 11.1 Å². The monoisotopic (exact) mass is 434 g/mol. The molecule has 2 aromatic carbocycles. The molecule has 0 unspecified atom stereocenters. The number of benzene rings is 2. The summed E-state index contributed by atoms with van der Waals surface area (Å²) in [6.07, 6.45) is 0.796. The molecule has 0 N–H and O–H groups in total. The summed E-state index contributed by atoms with van der Waals surface area (Å²) in [4.78, 5) is 26.5. The predicted molar refractivity (Wildman–Crippen MR) is 125 cm³/mol. The Bertz CT molecular complexity index is 1110. The molecule has 3 aromatic rings. The van der Waals surface area contributed by atoms with Crippen LogP contribution in [0, 0.1) is 20.8 Å². The van der Waals surface area contributed by atoms with E-state index in [2.05, 4.69) is 48.0 Å². The molecular formula is C25H27ClN4O. The van der Waals surface area contributed by atoms with E-state index in [1.54, 1.807) is 12.1 Å². The fraction of sp³-hybridized carbons (Fsp3) is 0.320. The molecule has 31 heavy (non-hydrogen) atoms. The third-order valence-electron chi connectivity index (χ3n) is 5.71. The zero-order valence-electron chi connectivity index (χ0n) is 18.2. The molecule has 1 fully saturated rings. The van der Waals surface area contributed by atoms with Crippen LogP contribution in [0.25, 0.3) is 0 Å². The van der Waals surface area contributed by atoms with Crippen LogP contribution >= 0.6 is 11.6 Å². The molecule has 1 aliphatic rings. The summed E-state index contributed by atoms with van der Waals surface area (Å²) in [6.45, 7) is 8.88. The van der Waals surface area contributed by atoms with Gasteiger partial charge in [0.25, 0.3) is 5.91 Å². The summed E-state index contributed by atoms with van der Waals surface area (Å²) in [5.74, 6) is 1.79. The SMILES string of the molecule is Cc1cccc(Cc2c(C)nc(C)nc2N2CCN(C(=O)c3cccc(Cl)c3)CC2)c1. The summed E-state index contributed by atoms with van der Waals surface area (Å²) in [7, 11) is 0. The van der Waals surface area contributed by atoms with Crippen molar-refractivity contribution in [3.63, 3.8) is 0 Å². The van der Waals surface area contributed by atoms with Crippen molar-refractivity contribution >= 4 is 23.3 Å². The van der Waals surface area contributed by atoms with Crippen LogP contribution in [-0.2, 0) is 6.42 Å². The molecule has 2 heterocycles. The van der Waals surface area contributed by atoms with Gasteiger partial charge in [-0.05, 0) is 44.5 Å². The van der Waals surface area contributed by atoms with Crippen LogP contribution in [0.5, 0.6) is 0 Å². The highest BCUT2D eigenvalue weighted by molar-refractivity contribution is 6.30. The summed E-state index contributed by atoms with van der Waals surface area (Å²) < 4.78 is 0. The highest BCUT2D eigenvalue weighted by Gasteiger charge is 2.25. The number of piperazine rings is 1. The normalized spacial score (nSPS) is 14.1. The first-order valence-corrected chi connectivity index (χ1v) is 11.0. The minimum absolute atomic E-state index is 0.0252. The van der Waals surface area contributed by atoms with Crippen molar-refractivity contribution in [1.29, 1.82) is 0 Å². The van der Waals surface area contributed by atoms with Crippen molar-refractivity contribution in [3.8, 4) is 0 Å². The van der Waals surface area contributed by atoms with Crippen LogP contribution in [0.3, 0.4) is 0 Å². The average Bonchev–Trinajstić information content (AvgIpc) is 2.75. The molecule has 5 nitrogen and oxygen atoms in total. The molecule has 0 spiro atoms. The van der Waals surface area contributed by atoms with Gasteiger partial charge >= 0.3 is 0 Å². The van der Waals surface area contributed by atoms with Crippen LogP contribution in [-0.4, -0.2) is 47.0 Å². The van der Waals surface area contributed by atoms with E-state index in [4.69, 9.17) is 16.6 Å². The molecule has 1 aromatic heterocycles. The zero-order valence-corrected chi connectivity index (χ0v) is 19.0. The molecular weight excluding hydrogens is 408 g/mol. The molecule has 0 atom stereocenters. The van der Waals surface area contributed by atoms with E-state index >= 15 is 0 Å². The van der Waals surface area contributed by atoms with Gasteiger partial charge in [0.05, 0.1) is 0 Å². The van der Waals surface area contributed by atoms with Gasteiger partial charge in [0.15, 0.2) is 0 Å². The molecule has 6 heteroatoms. The molecule has 160 valence electrons. The highest BCUT2D eigenvalue weighted by atomic mass is 35.5. The van der Waals surface area contributed by atoms with E-state index in [0.29, 0.717) is 23.7 Å². The number of nitrogens with zero attached hydrogens (tertiary/aromatic N) is 4. The number of aromatic nitrogens is 2. The lowest BCUT2D eigenvalue weighted by atomic mass is 10.0. The van der Waals surface area contributed by atoms with Crippen LogP contribution in [0.15, 0.2) is 48.5 Å². The third kappa shape index (κ3) is 4.88. The number of halogens is 1. The van der Waals surface area contributed by atoms with E-state index in [1.807, 2.05) is 24.0 Å². The molecule has 0 saturated carbocycles. The molecule has 1 aliphatic heterocycles.